The minimum absolute atomic E-state index is 0.116. The molecule has 1 saturated heterocycles. The fourth-order valence-corrected chi connectivity index (χ4v) is 4.87. The molecule has 2 unspecified atom stereocenters. The van der Waals surface area contributed by atoms with E-state index in [2.05, 4.69) is 15.0 Å². The number of carbonyl (C=O) groups excluding carboxylic acids is 1. The first-order chi connectivity index (χ1) is 15.9. The lowest BCUT2D eigenvalue weighted by Crippen LogP contribution is -2.34. The Labute approximate surface area is 196 Å². The van der Waals surface area contributed by atoms with Crippen molar-refractivity contribution >= 4 is 11.9 Å². The number of piperidine rings is 1. The summed E-state index contributed by atoms with van der Waals surface area (Å²) in [7, 11) is 5.21. The van der Waals surface area contributed by atoms with E-state index >= 15 is 0 Å². The maximum atomic E-state index is 12.0. The first-order valence-electron chi connectivity index (χ1n) is 11.9. The van der Waals surface area contributed by atoms with E-state index in [-0.39, 0.29) is 5.91 Å². The molecule has 8 heteroatoms. The second-order valence-electron chi connectivity index (χ2n) is 9.60. The Kier molecular flexibility index (Phi) is 7.53. The van der Waals surface area contributed by atoms with Crippen LogP contribution in [0.4, 0.5) is 6.01 Å². The van der Waals surface area contributed by atoms with Crippen LogP contribution in [0.2, 0.25) is 0 Å². The van der Waals surface area contributed by atoms with Crippen molar-refractivity contribution in [2.45, 2.75) is 45.6 Å². The van der Waals surface area contributed by atoms with E-state index in [9.17, 15) is 4.79 Å². The first kappa shape index (κ1) is 23.5. The predicted molar refractivity (Wildman–Crippen MR) is 125 cm³/mol. The summed E-state index contributed by atoms with van der Waals surface area (Å²) in [4.78, 5) is 20.2. The number of methoxy groups -OCH3 is 1. The number of nitrogens with zero attached hydrogens (tertiary/aromatic N) is 4. The number of carbonyl (C=O) groups is 1. The maximum absolute atomic E-state index is 12.0. The Hall–Kier alpha value is -2.61. The van der Waals surface area contributed by atoms with E-state index in [4.69, 9.17) is 14.0 Å². The number of likely N-dealkylation sites (N-methyl/N-ethyl adjacent to an activating group) is 1. The van der Waals surface area contributed by atoms with Gasteiger partial charge in [-0.05, 0) is 73.6 Å². The molecule has 1 aromatic heterocycles. The van der Waals surface area contributed by atoms with Gasteiger partial charge in [-0.3, -0.25) is 4.79 Å². The minimum atomic E-state index is 0.116. The Bertz CT molecular complexity index is 936. The monoisotopic (exact) mass is 456 g/mol. The normalized spacial score (nSPS) is 20.7. The van der Waals surface area contributed by atoms with Gasteiger partial charge in [-0.25, -0.2) is 0 Å². The number of aryl methyl sites for hydroxylation is 1. The van der Waals surface area contributed by atoms with Gasteiger partial charge >= 0.3 is 6.01 Å². The molecule has 2 atom stereocenters. The highest BCUT2D eigenvalue weighted by molar-refractivity contribution is 5.78. The summed E-state index contributed by atoms with van der Waals surface area (Å²) < 4.78 is 16.5. The number of ether oxygens (including phenoxy) is 2. The molecule has 8 nitrogen and oxygen atoms in total. The number of anilines is 1. The van der Waals surface area contributed by atoms with Gasteiger partial charge in [-0.2, -0.15) is 4.98 Å². The number of benzene rings is 1. The number of hydrogen-bond acceptors (Lipinski definition) is 7. The second kappa shape index (κ2) is 10.5. The lowest BCUT2D eigenvalue weighted by atomic mass is 9.90. The van der Waals surface area contributed by atoms with E-state index in [1.165, 1.54) is 19.3 Å². The lowest BCUT2D eigenvalue weighted by Gasteiger charge is -2.30. The van der Waals surface area contributed by atoms with Gasteiger partial charge < -0.3 is 23.8 Å². The summed E-state index contributed by atoms with van der Waals surface area (Å²) in [5, 5.41) is 3.96. The number of aromatic nitrogens is 2. The quantitative estimate of drug-likeness (QED) is 0.541. The van der Waals surface area contributed by atoms with Crippen molar-refractivity contribution < 1.29 is 18.8 Å². The van der Waals surface area contributed by atoms with Crippen LogP contribution in [-0.2, 0) is 22.6 Å². The van der Waals surface area contributed by atoms with Gasteiger partial charge in [0.05, 0.1) is 13.0 Å². The molecule has 4 rings (SSSR count). The molecule has 0 radical (unpaired) electrons. The lowest BCUT2D eigenvalue weighted by molar-refractivity contribution is -0.127. The van der Waals surface area contributed by atoms with Crippen molar-refractivity contribution in [1.82, 2.24) is 15.0 Å². The van der Waals surface area contributed by atoms with Crippen molar-refractivity contribution in [3.8, 4) is 5.75 Å². The molecule has 1 aromatic carbocycles. The van der Waals surface area contributed by atoms with E-state index in [0.29, 0.717) is 24.9 Å². The molecule has 0 bridgehead atoms. The van der Waals surface area contributed by atoms with Crippen LogP contribution in [0, 0.1) is 24.7 Å². The number of hydrogen-bond donors (Lipinski definition) is 0. The maximum Gasteiger partial charge on any atom is 0.324 e. The Morgan fingerprint density at radius 1 is 1.27 bits per heavy atom. The van der Waals surface area contributed by atoms with Gasteiger partial charge in [0.15, 0.2) is 5.82 Å². The number of rotatable bonds is 10. The Morgan fingerprint density at radius 3 is 2.76 bits per heavy atom. The van der Waals surface area contributed by atoms with Gasteiger partial charge in [-0.1, -0.05) is 11.2 Å². The van der Waals surface area contributed by atoms with Crippen molar-refractivity contribution in [1.29, 1.82) is 0 Å². The van der Waals surface area contributed by atoms with Crippen LogP contribution in [0.15, 0.2) is 22.7 Å². The fourth-order valence-electron chi connectivity index (χ4n) is 4.87. The molecule has 2 fully saturated rings. The van der Waals surface area contributed by atoms with Crippen molar-refractivity contribution in [2.24, 2.45) is 17.8 Å². The van der Waals surface area contributed by atoms with Crippen molar-refractivity contribution in [2.75, 3.05) is 45.8 Å². The molecule has 33 heavy (non-hydrogen) atoms. The highest BCUT2D eigenvalue weighted by Crippen LogP contribution is 2.50. The van der Waals surface area contributed by atoms with Crippen LogP contribution in [0.1, 0.15) is 42.6 Å². The number of amides is 1. The van der Waals surface area contributed by atoms with E-state index in [1.54, 1.807) is 26.1 Å². The summed E-state index contributed by atoms with van der Waals surface area (Å²) in [5.74, 6) is 3.99. The van der Waals surface area contributed by atoms with Gasteiger partial charge in [-0.15, -0.1) is 0 Å². The molecule has 1 aliphatic carbocycles. The molecule has 1 aliphatic heterocycles. The molecule has 0 N–H and O–H groups in total. The van der Waals surface area contributed by atoms with Gasteiger partial charge in [0, 0.05) is 34.3 Å². The zero-order valence-corrected chi connectivity index (χ0v) is 20.2. The summed E-state index contributed by atoms with van der Waals surface area (Å²) in [6.45, 7) is 5.12. The average Bonchev–Trinajstić information content (AvgIpc) is 3.42. The second-order valence-corrected chi connectivity index (χ2v) is 9.60. The highest BCUT2D eigenvalue weighted by atomic mass is 16.5. The van der Waals surface area contributed by atoms with Crippen LogP contribution in [0.3, 0.4) is 0 Å². The summed E-state index contributed by atoms with van der Waals surface area (Å²) in [6, 6.07) is 6.67. The van der Waals surface area contributed by atoms with E-state index < -0.39 is 0 Å². The van der Waals surface area contributed by atoms with Crippen LogP contribution in [0.25, 0.3) is 0 Å². The highest BCUT2D eigenvalue weighted by Gasteiger charge is 2.43. The Balaban J connectivity index is 1.16. The molecular weight excluding hydrogens is 420 g/mol. The molecule has 2 aliphatic rings. The van der Waals surface area contributed by atoms with Gasteiger partial charge in [0.1, 0.15) is 12.4 Å². The molecule has 0 spiro atoms. The smallest absolute Gasteiger partial charge is 0.324 e. The van der Waals surface area contributed by atoms with E-state index in [0.717, 1.165) is 60.7 Å². The van der Waals surface area contributed by atoms with E-state index in [1.807, 2.05) is 25.1 Å². The largest absolute Gasteiger partial charge is 0.494 e. The standard InChI is InChI=1S/C25H36N4O4/c1-17-13-21(6-5-19(17)15-24(30)28(2)3)32-12-9-20-14-22(20)18-7-10-29(11-8-18)25-26-23(16-31-4)27-33-25/h5-6,13,18,20,22H,7-12,14-16H2,1-4H3. The summed E-state index contributed by atoms with van der Waals surface area (Å²) >= 11 is 0. The zero-order valence-electron chi connectivity index (χ0n) is 20.2. The molecule has 1 amide bonds. The summed E-state index contributed by atoms with van der Waals surface area (Å²) in [6.07, 6.45) is 5.21. The molecule has 2 heterocycles. The first-order valence-corrected chi connectivity index (χ1v) is 11.9. The van der Waals surface area contributed by atoms with Gasteiger partial charge in [0.2, 0.25) is 5.91 Å². The van der Waals surface area contributed by atoms with Crippen molar-refractivity contribution in [3.63, 3.8) is 0 Å². The zero-order chi connectivity index (χ0) is 23.4. The average molecular weight is 457 g/mol. The fraction of sp³-hybridized carbons (Fsp3) is 0.640. The summed E-state index contributed by atoms with van der Waals surface area (Å²) in [5.41, 5.74) is 2.17. The topological polar surface area (TPSA) is 80.9 Å². The predicted octanol–water partition coefficient (Wildman–Crippen LogP) is 3.48. The van der Waals surface area contributed by atoms with Crippen LogP contribution in [0.5, 0.6) is 5.75 Å². The minimum Gasteiger partial charge on any atom is -0.494 e. The van der Waals surface area contributed by atoms with Crippen LogP contribution >= 0.6 is 0 Å². The van der Waals surface area contributed by atoms with Crippen LogP contribution in [-0.4, -0.2) is 61.8 Å². The SMILES string of the molecule is COCc1noc(N2CCC(C3CC3CCOc3ccc(CC(=O)N(C)C)c(C)c3)CC2)n1. The van der Waals surface area contributed by atoms with Gasteiger partial charge in [0.25, 0.3) is 0 Å². The molecule has 1 saturated carbocycles. The third-order valence-electron chi connectivity index (χ3n) is 7.04. The third-order valence-corrected chi connectivity index (χ3v) is 7.04. The van der Waals surface area contributed by atoms with Crippen LogP contribution < -0.4 is 9.64 Å². The third kappa shape index (κ3) is 6.05. The molecule has 180 valence electrons. The Morgan fingerprint density at radius 2 is 2.06 bits per heavy atom. The van der Waals surface area contributed by atoms with Crippen molar-refractivity contribution in [3.05, 3.63) is 35.2 Å². The molecule has 2 aromatic rings. The molecular formula is C25H36N4O4.